The fraction of sp³-hybridized carbons (Fsp3) is 0.600. The molecule has 0 bridgehead atoms. The van der Waals surface area contributed by atoms with Crippen LogP contribution in [0.1, 0.15) is 48.5 Å². The number of aryl methyl sites for hydroxylation is 1. The van der Waals surface area contributed by atoms with Gasteiger partial charge in [0, 0.05) is 37.3 Å². The van der Waals surface area contributed by atoms with Crippen LogP contribution in [0.15, 0.2) is 18.2 Å². The van der Waals surface area contributed by atoms with Gasteiger partial charge in [-0.2, -0.15) is 0 Å². The molecule has 3 rings (SSSR count). The fourth-order valence-corrected chi connectivity index (χ4v) is 4.02. The Labute approximate surface area is 154 Å². The summed E-state index contributed by atoms with van der Waals surface area (Å²) in [5.41, 5.74) is 6.80. The van der Waals surface area contributed by atoms with Gasteiger partial charge in [-0.1, -0.05) is 18.9 Å². The molecule has 2 amide bonds. The average molecular weight is 361 g/mol. The molecule has 2 unspecified atom stereocenters. The summed E-state index contributed by atoms with van der Waals surface area (Å²) in [4.78, 5) is 29.0. The number of nitrogens with zero attached hydrogens (tertiary/aromatic N) is 2. The Bertz CT molecular complexity index is 696. The summed E-state index contributed by atoms with van der Waals surface area (Å²) in [5, 5.41) is 0. The monoisotopic (exact) mass is 361 g/mol. The van der Waals surface area contributed by atoms with E-state index in [9.17, 15) is 14.0 Å². The first-order chi connectivity index (χ1) is 12.3. The highest BCUT2D eigenvalue weighted by Crippen LogP contribution is 2.33. The van der Waals surface area contributed by atoms with Crippen molar-refractivity contribution in [2.75, 3.05) is 26.2 Å². The second kappa shape index (κ2) is 7.35. The van der Waals surface area contributed by atoms with Crippen molar-refractivity contribution in [3.05, 3.63) is 35.1 Å². The van der Waals surface area contributed by atoms with Gasteiger partial charge in [-0.15, -0.1) is 0 Å². The molecule has 142 valence electrons. The maximum atomic E-state index is 13.7. The molecule has 6 heteroatoms. The normalized spacial score (nSPS) is 26.7. The van der Waals surface area contributed by atoms with Crippen molar-refractivity contribution in [3.8, 4) is 0 Å². The van der Waals surface area contributed by atoms with Gasteiger partial charge in [0.1, 0.15) is 5.82 Å². The van der Waals surface area contributed by atoms with Gasteiger partial charge < -0.3 is 15.5 Å². The van der Waals surface area contributed by atoms with Crippen LogP contribution in [0.4, 0.5) is 4.39 Å². The highest BCUT2D eigenvalue weighted by molar-refractivity contribution is 5.94. The smallest absolute Gasteiger partial charge is 0.254 e. The Hall–Kier alpha value is -1.95. The number of halogens is 1. The van der Waals surface area contributed by atoms with Crippen LogP contribution >= 0.6 is 0 Å². The third kappa shape index (κ3) is 3.75. The third-order valence-electron chi connectivity index (χ3n) is 5.85. The number of hydrogen-bond donors (Lipinski definition) is 1. The van der Waals surface area contributed by atoms with Gasteiger partial charge in [-0.05, 0) is 44.4 Å². The SMILES string of the molecule is Cc1ccc(C(=O)N2CCN(C(=O)C3CCCCC3(C)N)CC2)cc1F. The molecule has 2 aliphatic rings. The molecule has 1 saturated heterocycles. The Morgan fingerprint density at radius 2 is 1.81 bits per heavy atom. The first-order valence-electron chi connectivity index (χ1n) is 9.43. The van der Waals surface area contributed by atoms with Crippen LogP contribution in [0.25, 0.3) is 0 Å². The summed E-state index contributed by atoms with van der Waals surface area (Å²) in [5.74, 6) is -0.575. The first kappa shape index (κ1) is 18.8. The first-order valence-corrected chi connectivity index (χ1v) is 9.43. The Balaban J connectivity index is 1.61. The Kier molecular flexibility index (Phi) is 5.32. The molecule has 1 heterocycles. The molecule has 5 nitrogen and oxygen atoms in total. The largest absolute Gasteiger partial charge is 0.339 e. The zero-order valence-electron chi connectivity index (χ0n) is 15.6. The van der Waals surface area contributed by atoms with E-state index in [0.29, 0.717) is 37.3 Å². The number of carbonyl (C=O) groups is 2. The van der Waals surface area contributed by atoms with E-state index in [1.54, 1.807) is 24.0 Å². The van der Waals surface area contributed by atoms with Crippen molar-refractivity contribution in [3.63, 3.8) is 0 Å². The summed E-state index contributed by atoms with van der Waals surface area (Å²) in [6.45, 7) is 5.59. The van der Waals surface area contributed by atoms with E-state index in [1.807, 2.05) is 11.8 Å². The second-order valence-corrected chi connectivity index (χ2v) is 7.89. The summed E-state index contributed by atoms with van der Waals surface area (Å²) in [6.07, 6.45) is 3.83. The van der Waals surface area contributed by atoms with Crippen molar-refractivity contribution >= 4 is 11.8 Å². The van der Waals surface area contributed by atoms with Gasteiger partial charge >= 0.3 is 0 Å². The molecule has 2 atom stereocenters. The zero-order chi connectivity index (χ0) is 18.9. The summed E-state index contributed by atoms with van der Waals surface area (Å²) < 4.78 is 13.7. The minimum Gasteiger partial charge on any atom is -0.339 e. The van der Waals surface area contributed by atoms with E-state index in [0.717, 1.165) is 25.7 Å². The molecule has 0 spiro atoms. The molecule has 2 N–H and O–H groups in total. The molecule has 1 aromatic rings. The van der Waals surface area contributed by atoms with Crippen molar-refractivity contribution in [1.82, 2.24) is 9.80 Å². The number of piperazine rings is 1. The van der Waals surface area contributed by atoms with Crippen LogP contribution in [0.2, 0.25) is 0 Å². The molecule has 1 aromatic carbocycles. The van der Waals surface area contributed by atoms with Gasteiger partial charge in [-0.25, -0.2) is 4.39 Å². The topological polar surface area (TPSA) is 66.6 Å². The minimum atomic E-state index is -0.443. The number of nitrogens with two attached hydrogens (primary N) is 1. The van der Waals surface area contributed by atoms with Crippen molar-refractivity contribution in [2.45, 2.75) is 45.1 Å². The van der Waals surface area contributed by atoms with Crippen LogP contribution < -0.4 is 5.73 Å². The van der Waals surface area contributed by atoms with Crippen LogP contribution in [0.3, 0.4) is 0 Å². The van der Waals surface area contributed by atoms with Gasteiger partial charge in [0.25, 0.3) is 5.91 Å². The fourth-order valence-electron chi connectivity index (χ4n) is 4.02. The summed E-state index contributed by atoms with van der Waals surface area (Å²) in [7, 11) is 0. The predicted molar refractivity (Wildman–Crippen MR) is 98.2 cm³/mol. The van der Waals surface area contributed by atoms with Crippen LogP contribution in [0.5, 0.6) is 0 Å². The summed E-state index contributed by atoms with van der Waals surface area (Å²) in [6, 6.07) is 4.56. The van der Waals surface area contributed by atoms with Gasteiger partial charge in [0.2, 0.25) is 5.91 Å². The minimum absolute atomic E-state index is 0.114. The molecule has 1 saturated carbocycles. The molecular formula is C20H28FN3O2. The number of amides is 2. The van der Waals surface area contributed by atoms with Gasteiger partial charge in [0.15, 0.2) is 0 Å². The highest BCUT2D eigenvalue weighted by Gasteiger charge is 2.40. The average Bonchev–Trinajstić information content (AvgIpc) is 2.62. The Morgan fingerprint density at radius 1 is 1.15 bits per heavy atom. The highest BCUT2D eigenvalue weighted by atomic mass is 19.1. The van der Waals surface area contributed by atoms with E-state index >= 15 is 0 Å². The van der Waals surface area contributed by atoms with E-state index < -0.39 is 5.54 Å². The maximum absolute atomic E-state index is 13.7. The van der Waals surface area contributed by atoms with Crippen LogP contribution in [-0.2, 0) is 4.79 Å². The molecule has 26 heavy (non-hydrogen) atoms. The van der Waals surface area contributed by atoms with E-state index in [-0.39, 0.29) is 23.5 Å². The van der Waals surface area contributed by atoms with E-state index in [2.05, 4.69) is 0 Å². The second-order valence-electron chi connectivity index (χ2n) is 7.89. The summed E-state index contributed by atoms with van der Waals surface area (Å²) >= 11 is 0. The molecule has 0 aromatic heterocycles. The molecular weight excluding hydrogens is 333 g/mol. The van der Waals surface area contributed by atoms with Crippen molar-refractivity contribution in [1.29, 1.82) is 0 Å². The molecule has 2 fully saturated rings. The maximum Gasteiger partial charge on any atom is 0.254 e. The molecule has 0 radical (unpaired) electrons. The lowest BCUT2D eigenvalue weighted by Gasteiger charge is -2.42. The van der Waals surface area contributed by atoms with Gasteiger partial charge in [0.05, 0.1) is 5.92 Å². The molecule has 1 aliphatic heterocycles. The van der Waals surface area contributed by atoms with Crippen LogP contribution in [-0.4, -0.2) is 53.3 Å². The quantitative estimate of drug-likeness (QED) is 0.879. The Morgan fingerprint density at radius 3 is 2.42 bits per heavy atom. The lowest BCUT2D eigenvalue weighted by Crippen LogP contribution is -2.57. The van der Waals surface area contributed by atoms with Crippen molar-refractivity contribution < 1.29 is 14.0 Å². The number of rotatable bonds is 2. The zero-order valence-corrected chi connectivity index (χ0v) is 15.6. The number of carbonyl (C=O) groups excluding carboxylic acids is 2. The number of benzene rings is 1. The van der Waals surface area contributed by atoms with Crippen molar-refractivity contribution in [2.24, 2.45) is 11.7 Å². The standard InChI is InChI=1S/C20H28FN3O2/c1-14-6-7-15(13-17(14)21)18(25)23-9-11-24(12-10-23)19(26)16-5-3-4-8-20(16,2)22/h6-7,13,16H,3-5,8-12,22H2,1-2H3. The van der Waals surface area contributed by atoms with E-state index in [4.69, 9.17) is 5.73 Å². The third-order valence-corrected chi connectivity index (χ3v) is 5.85. The van der Waals surface area contributed by atoms with Gasteiger partial charge in [-0.3, -0.25) is 9.59 Å². The van der Waals surface area contributed by atoms with E-state index in [1.165, 1.54) is 6.07 Å². The predicted octanol–water partition coefficient (Wildman–Crippen LogP) is 2.33. The number of hydrogen-bond acceptors (Lipinski definition) is 3. The lowest BCUT2D eigenvalue weighted by atomic mass is 9.74. The van der Waals surface area contributed by atoms with Crippen LogP contribution in [0, 0.1) is 18.7 Å². The molecule has 1 aliphatic carbocycles. The lowest BCUT2D eigenvalue weighted by molar-refractivity contribution is -0.140.